The first-order chi connectivity index (χ1) is 12.6. The van der Waals surface area contributed by atoms with Crippen LogP contribution in [0.2, 0.25) is 0 Å². The van der Waals surface area contributed by atoms with Crippen molar-refractivity contribution in [1.82, 2.24) is 4.90 Å². The third-order valence-corrected chi connectivity index (χ3v) is 4.76. The van der Waals surface area contributed by atoms with E-state index in [4.69, 9.17) is 13.9 Å². The fraction of sp³-hybridized carbons (Fsp3) is 0.263. The van der Waals surface area contributed by atoms with Crippen LogP contribution in [0.3, 0.4) is 0 Å². The highest BCUT2D eigenvalue weighted by Crippen LogP contribution is 2.27. The molecular weight excluding hydrogens is 354 g/mol. The van der Waals surface area contributed by atoms with Gasteiger partial charge in [0.2, 0.25) is 5.76 Å². The molecule has 26 heavy (non-hydrogen) atoms. The largest absolute Gasteiger partial charge is 0.450 e. The molecule has 1 amide bonds. The third kappa shape index (κ3) is 3.95. The number of carbonyl (C=O) groups excluding carboxylic acids is 2. The number of benzene rings is 1. The number of hydrogen-bond acceptors (Lipinski definition) is 6. The minimum absolute atomic E-state index is 0.0711. The van der Waals surface area contributed by atoms with Crippen LogP contribution in [0.5, 0.6) is 0 Å². The van der Waals surface area contributed by atoms with E-state index >= 15 is 0 Å². The lowest BCUT2D eigenvalue weighted by Gasteiger charge is -2.16. The van der Waals surface area contributed by atoms with Gasteiger partial charge in [-0.25, -0.2) is 4.79 Å². The first-order valence-corrected chi connectivity index (χ1v) is 8.91. The van der Waals surface area contributed by atoms with Gasteiger partial charge >= 0.3 is 5.97 Å². The lowest BCUT2D eigenvalue weighted by atomic mass is 10.1. The van der Waals surface area contributed by atoms with Gasteiger partial charge in [-0.15, -0.1) is 11.3 Å². The molecule has 0 atom stereocenters. The summed E-state index contributed by atoms with van der Waals surface area (Å²) in [5.74, 6) is -0.885. The van der Waals surface area contributed by atoms with Gasteiger partial charge in [0.05, 0.1) is 13.2 Å². The predicted octanol–water partition coefficient (Wildman–Crippen LogP) is 3.46. The predicted molar refractivity (Wildman–Crippen MR) is 98.0 cm³/mol. The highest BCUT2D eigenvalue weighted by atomic mass is 32.1. The normalized spacial score (nSPS) is 10.8. The molecule has 1 aromatic carbocycles. The minimum Gasteiger partial charge on any atom is -0.450 e. The van der Waals surface area contributed by atoms with E-state index in [1.807, 2.05) is 35.7 Å². The second-order valence-electron chi connectivity index (χ2n) is 5.74. The standard InChI is InChI=1S/C19H19NO5S/c1-20(10-13-6-5-9-26-13)17(21)12-24-19(22)18-15(11-23-2)14-7-3-4-8-16(14)25-18/h3-9H,10-12H2,1-2H3. The van der Waals surface area contributed by atoms with Gasteiger partial charge in [-0.1, -0.05) is 24.3 Å². The maximum Gasteiger partial charge on any atom is 0.375 e. The molecule has 0 saturated carbocycles. The number of amides is 1. The maximum absolute atomic E-state index is 12.4. The van der Waals surface area contributed by atoms with E-state index in [0.717, 1.165) is 10.3 Å². The Labute approximate surface area is 154 Å². The van der Waals surface area contributed by atoms with Crippen LogP contribution in [-0.2, 0) is 27.4 Å². The number of carbonyl (C=O) groups is 2. The zero-order valence-corrected chi connectivity index (χ0v) is 15.4. The van der Waals surface area contributed by atoms with Gasteiger partial charge in [-0.2, -0.15) is 0 Å². The van der Waals surface area contributed by atoms with Gasteiger partial charge in [0, 0.05) is 30.0 Å². The van der Waals surface area contributed by atoms with E-state index in [0.29, 0.717) is 17.7 Å². The van der Waals surface area contributed by atoms with Crippen molar-refractivity contribution in [2.24, 2.45) is 0 Å². The van der Waals surface area contributed by atoms with Crippen LogP contribution in [0.25, 0.3) is 11.0 Å². The number of thiophene rings is 1. The Morgan fingerprint density at radius 3 is 2.73 bits per heavy atom. The van der Waals surface area contributed by atoms with Crippen LogP contribution in [0.1, 0.15) is 21.0 Å². The highest BCUT2D eigenvalue weighted by molar-refractivity contribution is 7.09. The molecule has 0 bridgehead atoms. The first-order valence-electron chi connectivity index (χ1n) is 8.03. The van der Waals surface area contributed by atoms with Crippen molar-refractivity contribution in [3.05, 3.63) is 58.0 Å². The summed E-state index contributed by atoms with van der Waals surface area (Å²) in [6.45, 7) is 0.353. The average Bonchev–Trinajstić information content (AvgIpc) is 3.28. The van der Waals surface area contributed by atoms with Crippen molar-refractivity contribution in [2.45, 2.75) is 13.2 Å². The van der Waals surface area contributed by atoms with E-state index in [1.54, 1.807) is 31.6 Å². The SMILES string of the molecule is COCc1c(C(=O)OCC(=O)N(C)Cc2cccs2)oc2ccccc12. The van der Waals surface area contributed by atoms with E-state index in [2.05, 4.69) is 0 Å². The van der Waals surface area contributed by atoms with Crippen LogP contribution < -0.4 is 0 Å². The summed E-state index contributed by atoms with van der Waals surface area (Å²) in [6.07, 6.45) is 0. The molecule has 0 spiro atoms. The lowest BCUT2D eigenvalue weighted by molar-refractivity contribution is -0.133. The highest BCUT2D eigenvalue weighted by Gasteiger charge is 2.23. The third-order valence-electron chi connectivity index (χ3n) is 3.90. The van der Waals surface area contributed by atoms with Crippen molar-refractivity contribution in [3.8, 4) is 0 Å². The molecule has 0 radical (unpaired) electrons. The molecular formula is C19H19NO5S. The Kier molecular flexibility index (Phi) is 5.70. The summed E-state index contributed by atoms with van der Waals surface area (Å²) < 4.78 is 16.0. The summed E-state index contributed by atoms with van der Waals surface area (Å²) in [6, 6.07) is 11.2. The number of ether oxygens (including phenoxy) is 2. The van der Waals surface area contributed by atoms with Gasteiger partial charge in [-0.05, 0) is 17.5 Å². The van der Waals surface area contributed by atoms with Crippen LogP contribution in [0, 0.1) is 0 Å². The molecule has 6 nitrogen and oxygen atoms in total. The summed E-state index contributed by atoms with van der Waals surface area (Å²) in [7, 11) is 3.22. The number of likely N-dealkylation sites (N-methyl/N-ethyl adjacent to an activating group) is 1. The van der Waals surface area contributed by atoms with Crippen LogP contribution >= 0.6 is 11.3 Å². The monoisotopic (exact) mass is 373 g/mol. The Morgan fingerprint density at radius 1 is 1.19 bits per heavy atom. The molecule has 0 saturated heterocycles. The molecule has 2 aromatic heterocycles. The molecule has 0 aliphatic carbocycles. The smallest absolute Gasteiger partial charge is 0.375 e. The summed E-state index contributed by atoms with van der Waals surface area (Å²) in [5, 5.41) is 2.74. The number of esters is 1. The molecule has 0 N–H and O–H groups in total. The number of rotatable bonds is 7. The summed E-state index contributed by atoms with van der Waals surface area (Å²) in [4.78, 5) is 27.2. The van der Waals surface area contributed by atoms with Crippen molar-refractivity contribution < 1.29 is 23.5 Å². The number of hydrogen-bond donors (Lipinski definition) is 0. The number of nitrogens with zero attached hydrogens (tertiary/aromatic N) is 1. The van der Waals surface area contributed by atoms with E-state index in [9.17, 15) is 9.59 Å². The Morgan fingerprint density at radius 2 is 2.00 bits per heavy atom. The molecule has 0 unspecified atom stereocenters. The minimum atomic E-state index is -0.675. The molecule has 7 heteroatoms. The quantitative estimate of drug-likeness (QED) is 0.593. The summed E-state index contributed by atoms with van der Waals surface area (Å²) >= 11 is 1.57. The maximum atomic E-state index is 12.4. The van der Waals surface area contributed by atoms with E-state index < -0.39 is 5.97 Å². The number of fused-ring (bicyclic) bond motifs is 1. The van der Waals surface area contributed by atoms with Crippen LogP contribution in [0.15, 0.2) is 46.2 Å². The molecule has 2 heterocycles. The molecule has 3 aromatic rings. The Bertz CT molecular complexity index is 900. The van der Waals surface area contributed by atoms with Gasteiger partial charge in [0.25, 0.3) is 5.91 Å². The number of furan rings is 1. The van der Waals surface area contributed by atoms with Gasteiger partial charge in [0.15, 0.2) is 6.61 Å². The topological polar surface area (TPSA) is 69.0 Å². The second-order valence-corrected chi connectivity index (χ2v) is 6.78. The molecule has 0 fully saturated rings. The first kappa shape index (κ1) is 18.2. The Hall–Kier alpha value is -2.64. The fourth-order valence-electron chi connectivity index (χ4n) is 2.58. The van der Waals surface area contributed by atoms with E-state index in [-0.39, 0.29) is 24.9 Å². The van der Waals surface area contributed by atoms with Gasteiger partial charge in [-0.3, -0.25) is 4.79 Å². The molecule has 0 aliphatic heterocycles. The van der Waals surface area contributed by atoms with Crippen LogP contribution in [0.4, 0.5) is 0 Å². The number of para-hydroxylation sites is 1. The van der Waals surface area contributed by atoms with Crippen LogP contribution in [-0.4, -0.2) is 37.5 Å². The lowest BCUT2D eigenvalue weighted by Crippen LogP contribution is -2.30. The molecule has 3 rings (SSSR count). The summed E-state index contributed by atoms with van der Waals surface area (Å²) in [5.41, 5.74) is 1.19. The number of methoxy groups -OCH3 is 1. The van der Waals surface area contributed by atoms with Gasteiger partial charge < -0.3 is 18.8 Å². The van der Waals surface area contributed by atoms with Crippen molar-refractivity contribution in [3.63, 3.8) is 0 Å². The van der Waals surface area contributed by atoms with Crippen molar-refractivity contribution >= 4 is 34.2 Å². The molecule has 0 aliphatic rings. The van der Waals surface area contributed by atoms with Gasteiger partial charge in [0.1, 0.15) is 5.58 Å². The zero-order chi connectivity index (χ0) is 18.5. The van der Waals surface area contributed by atoms with Crippen molar-refractivity contribution in [2.75, 3.05) is 20.8 Å². The molecule has 136 valence electrons. The van der Waals surface area contributed by atoms with E-state index in [1.165, 1.54) is 4.90 Å². The zero-order valence-electron chi connectivity index (χ0n) is 14.6. The van der Waals surface area contributed by atoms with Crippen molar-refractivity contribution in [1.29, 1.82) is 0 Å². The average molecular weight is 373 g/mol. The Balaban J connectivity index is 1.67. The second kappa shape index (κ2) is 8.16. The fourth-order valence-corrected chi connectivity index (χ4v) is 3.34.